The van der Waals surface area contributed by atoms with Crippen molar-refractivity contribution in [2.24, 2.45) is 0 Å². The topological polar surface area (TPSA) is 73.2 Å². The molecule has 0 spiro atoms. The standard InChI is InChI=1S/C26H27N3O3S/c1-15-6-7-21(18(4)11-15)28-24(30)23-19(5)22-25(33-23)27-14-29(26(22)31)8-9-32-20-12-16(2)10-17(3)13-20/h6-7,10-14H,8-9H2,1-5H3,(H,28,30). The molecule has 0 saturated heterocycles. The fourth-order valence-corrected chi connectivity index (χ4v) is 4.98. The number of nitrogens with one attached hydrogen (secondary N) is 1. The molecule has 33 heavy (non-hydrogen) atoms. The largest absolute Gasteiger partial charge is 0.492 e. The minimum atomic E-state index is -0.230. The van der Waals surface area contributed by atoms with Crippen LogP contribution in [-0.4, -0.2) is 22.1 Å². The summed E-state index contributed by atoms with van der Waals surface area (Å²) < 4.78 is 7.39. The summed E-state index contributed by atoms with van der Waals surface area (Å²) in [5, 5.41) is 3.45. The average molecular weight is 462 g/mol. The van der Waals surface area contributed by atoms with Gasteiger partial charge in [-0.1, -0.05) is 23.8 Å². The number of hydrogen-bond donors (Lipinski definition) is 1. The van der Waals surface area contributed by atoms with Crippen LogP contribution in [0, 0.1) is 34.6 Å². The van der Waals surface area contributed by atoms with Crippen LogP contribution in [0.15, 0.2) is 47.5 Å². The van der Waals surface area contributed by atoms with Gasteiger partial charge in [0.1, 0.15) is 17.2 Å². The number of fused-ring (bicyclic) bond motifs is 1. The van der Waals surface area contributed by atoms with Gasteiger partial charge < -0.3 is 10.1 Å². The van der Waals surface area contributed by atoms with Gasteiger partial charge in [0.25, 0.3) is 11.5 Å². The minimum Gasteiger partial charge on any atom is -0.492 e. The zero-order valence-electron chi connectivity index (χ0n) is 19.5. The number of amides is 1. The molecule has 0 saturated carbocycles. The summed E-state index contributed by atoms with van der Waals surface area (Å²) in [6.07, 6.45) is 1.53. The third kappa shape index (κ3) is 4.83. The second kappa shape index (κ2) is 9.19. The molecule has 0 aliphatic rings. The molecule has 1 amide bonds. The van der Waals surface area contributed by atoms with Gasteiger partial charge in [0, 0.05) is 5.69 Å². The average Bonchev–Trinajstić information content (AvgIpc) is 3.08. The highest BCUT2D eigenvalue weighted by molar-refractivity contribution is 7.20. The van der Waals surface area contributed by atoms with Crippen LogP contribution in [0.3, 0.4) is 0 Å². The van der Waals surface area contributed by atoms with Gasteiger partial charge in [0.15, 0.2) is 0 Å². The Morgan fingerprint density at radius 3 is 2.45 bits per heavy atom. The van der Waals surface area contributed by atoms with Gasteiger partial charge in [-0.25, -0.2) is 4.98 Å². The van der Waals surface area contributed by atoms with Gasteiger partial charge in [-0.05, 0) is 75.1 Å². The van der Waals surface area contributed by atoms with Crippen LogP contribution in [0.5, 0.6) is 5.75 Å². The van der Waals surface area contributed by atoms with Crippen molar-refractivity contribution in [2.45, 2.75) is 41.2 Å². The van der Waals surface area contributed by atoms with Crippen molar-refractivity contribution in [2.75, 3.05) is 11.9 Å². The van der Waals surface area contributed by atoms with E-state index in [0.29, 0.717) is 33.8 Å². The van der Waals surface area contributed by atoms with Crippen LogP contribution in [-0.2, 0) is 6.54 Å². The molecule has 0 radical (unpaired) electrons. The molecule has 6 nitrogen and oxygen atoms in total. The van der Waals surface area contributed by atoms with E-state index in [0.717, 1.165) is 33.7 Å². The number of aryl methyl sites for hydroxylation is 5. The van der Waals surface area contributed by atoms with Crippen molar-refractivity contribution in [3.8, 4) is 5.75 Å². The van der Waals surface area contributed by atoms with E-state index in [2.05, 4.69) is 16.4 Å². The van der Waals surface area contributed by atoms with E-state index in [1.54, 1.807) is 6.92 Å². The molecule has 4 rings (SSSR count). The molecular weight excluding hydrogens is 434 g/mol. The molecule has 1 N–H and O–H groups in total. The van der Waals surface area contributed by atoms with Crippen molar-refractivity contribution in [3.05, 3.63) is 85.8 Å². The van der Waals surface area contributed by atoms with Crippen LogP contribution in [0.25, 0.3) is 10.2 Å². The van der Waals surface area contributed by atoms with Crippen molar-refractivity contribution in [3.63, 3.8) is 0 Å². The molecule has 170 valence electrons. The normalized spacial score (nSPS) is 11.1. The number of aromatic nitrogens is 2. The number of ether oxygens (including phenoxy) is 1. The number of benzene rings is 2. The van der Waals surface area contributed by atoms with Gasteiger partial charge >= 0.3 is 0 Å². The molecule has 0 aliphatic carbocycles. The van der Waals surface area contributed by atoms with E-state index in [1.165, 1.54) is 22.2 Å². The van der Waals surface area contributed by atoms with E-state index in [-0.39, 0.29) is 11.5 Å². The zero-order valence-corrected chi connectivity index (χ0v) is 20.3. The first kappa shape index (κ1) is 22.7. The Morgan fingerprint density at radius 1 is 1.03 bits per heavy atom. The molecule has 2 aromatic heterocycles. The van der Waals surface area contributed by atoms with E-state index in [1.807, 2.05) is 58.0 Å². The van der Waals surface area contributed by atoms with Crippen LogP contribution in [0.1, 0.15) is 37.5 Å². The number of thiophene rings is 1. The smallest absolute Gasteiger partial charge is 0.266 e. The Kier molecular flexibility index (Phi) is 6.33. The molecule has 0 fully saturated rings. The summed E-state index contributed by atoms with van der Waals surface area (Å²) in [5.74, 6) is 0.554. The summed E-state index contributed by atoms with van der Waals surface area (Å²) in [7, 11) is 0. The maximum absolute atomic E-state index is 13.1. The predicted molar refractivity (Wildman–Crippen MR) is 134 cm³/mol. The maximum atomic E-state index is 13.1. The fraction of sp³-hybridized carbons (Fsp3) is 0.269. The molecule has 0 atom stereocenters. The number of hydrogen-bond acceptors (Lipinski definition) is 5. The summed E-state index contributed by atoms with van der Waals surface area (Å²) in [4.78, 5) is 31.6. The van der Waals surface area contributed by atoms with Crippen LogP contribution >= 0.6 is 11.3 Å². The second-order valence-electron chi connectivity index (χ2n) is 8.42. The van der Waals surface area contributed by atoms with Crippen molar-refractivity contribution < 1.29 is 9.53 Å². The minimum absolute atomic E-state index is 0.164. The van der Waals surface area contributed by atoms with E-state index in [4.69, 9.17) is 4.74 Å². The molecule has 2 heterocycles. The number of rotatable bonds is 6. The summed E-state index contributed by atoms with van der Waals surface area (Å²) in [6.45, 7) is 10.5. The lowest BCUT2D eigenvalue weighted by molar-refractivity contribution is 0.103. The highest BCUT2D eigenvalue weighted by atomic mass is 32.1. The Bertz CT molecular complexity index is 1400. The van der Waals surface area contributed by atoms with Crippen molar-refractivity contribution in [1.82, 2.24) is 9.55 Å². The van der Waals surface area contributed by atoms with Crippen molar-refractivity contribution >= 4 is 33.1 Å². The Balaban J connectivity index is 1.54. The molecule has 0 unspecified atom stereocenters. The van der Waals surface area contributed by atoms with E-state index >= 15 is 0 Å². The molecular formula is C26H27N3O3S. The molecule has 0 bridgehead atoms. The SMILES string of the molecule is Cc1cc(C)cc(OCCn2cnc3sc(C(=O)Nc4ccc(C)cc4C)c(C)c3c2=O)c1. The number of carbonyl (C=O) groups is 1. The van der Waals surface area contributed by atoms with E-state index in [9.17, 15) is 9.59 Å². The highest BCUT2D eigenvalue weighted by Crippen LogP contribution is 2.28. The third-order valence-electron chi connectivity index (χ3n) is 5.55. The Hall–Kier alpha value is -3.45. The number of nitrogens with zero attached hydrogens (tertiary/aromatic N) is 2. The third-order valence-corrected chi connectivity index (χ3v) is 6.75. The highest BCUT2D eigenvalue weighted by Gasteiger charge is 2.20. The first-order chi connectivity index (χ1) is 15.7. The molecule has 2 aromatic carbocycles. The van der Waals surface area contributed by atoms with Gasteiger partial charge in [0.2, 0.25) is 0 Å². The Morgan fingerprint density at radius 2 is 1.76 bits per heavy atom. The molecule has 4 aromatic rings. The monoisotopic (exact) mass is 461 g/mol. The zero-order chi connectivity index (χ0) is 23.7. The molecule has 0 aliphatic heterocycles. The Labute approximate surface area is 196 Å². The number of carbonyl (C=O) groups excluding carboxylic acids is 1. The lowest BCUT2D eigenvalue weighted by atomic mass is 10.1. The lowest BCUT2D eigenvalue weighted by Gasteiger charge is -2.10. The summed E-state index contributed by atoms with van der Waals surface area (Å²) in [5.41, 5.74) is 5.64. The number of anilines is 1. The first-order valence-corrected chi connectivity index (χ1v) is 11.6. The van der Waals surface area contributed by atoms with Gasteiger partial charge in [-0.15, -0.1) is 11.3 Å². The van der Waals surface area contributed by atoms with Gasteiger partial charge in [-0.3, -0.25) is 14.2 Å². The predicted octanol–water partition coefficient (Wildman–Crippen LogP) is 5.33. The second-order valence-corrected chi connectivity index (χ2v) is 9.42. The van der Waals surface area contributed by atoms with Crippen LogP contribution in [0.4, 0.5) is 5.69 Å². The van der Waals surface area contributed by atoms with Crippen LogP contribution in [0.2, 0.25) is 0 Å². The van der Waals surface area contributed by atoms with E-state index < -0.39 is 0 Å². The maximum Gasteiger partial charge on any atom is 0.266 e. The first-order valence-electron chi connectivity index (χ1n) is 10.8. The summed E-state index contributed by atoms with van der Waals surface area (Å²) >= 11 is 1.24. The van der Waals surface area contributed by atoms with Gasteiger partial charge in [0.05, 0.1) is 23.1 Å². The molecule has 7 heteroatoms. The van der Waals surface area contributed by atoms with Crippen molar-refractivity contribution in [1.29, 1.82) is 0 Å². The quantitative estimate of drug-likeness (QED) is 0.421. The fourth-order valence-electron chi connectivity index (χ4n) is 3.95. The van der Waals surface area contributed by atoms with Gasteiger partial charge in [-0.2, -0.15) is 0 Å². The summed E-state index contributed by atoms with van der Waals surface area (Å²) in [6, 6.07) is 11.9. The van der Waals surface area contributed by atoms with Crippen LogP contribution < -0.4 is 15.6 Å². The lowest BCUT2D eigenvalue weighted by Crippen LogP contribution is -2.23.